The molecule has 2 aromatic carbocycles. The van der Waals surface area contributed by atoms with Gasteiger partial charge in [-0.15, -0.1) is 16.4 Å². The van der Waals surface area contributed by atoms with E-state index < -0.39 is 5.76 Å². The van der Waals surface area contributed by atoms with Crippen molar-refractivity contribution >= 4 is 33.1 Å². The van der Waals surface area contributed by atoms with Crippen molar-refractivity contribution in [3.05, 3.63) is 111 Å². The Morgan fingerprint density at radius 3 is 2.72 bits per heavy atom. The average molecular weight is 693 g/mol. The number of hydrogen-bond acceptors (Lipinski definition) is 9. The number of hydrogen-bond donors (Lipinski definition) is 2. The van der Waals surface area contributed by atoms with E-state index >= 15 is 0 Å². The lowest BCUT2D eigenvalue weighted by Gasteiger charge is -2.16. The van der Waals surface area contributed by atoms with Gasteiger partial charge in [-0.2, -0.15) is 0 Å². The number of halogens is 2. The summed E-state index contributed by atoms with van der Waals surface area (Å²) in [6.45, 7) is 0.638. The highest BCUT2D eigenvalue weighted by Gasteiger charge is 2.45. The number of nitrogens with one attached hydrogen (secondary N) is 2. The molecule has 0 radical (unpaired) electrons. The number of benzene rings is 2. The Morgan fingerprint density at radius 1 is 1.06 bits per heavy atom. The number of aryl methyl sites for hydroxylation is 2. The minimum atomic E-state index is -0.719. The number of ether oxygens (including phenoxy) is 1. The number of anilines is 1. The van der Waals surface area contributed by atoms with Gasteiger partial charge in [0.1, 0.15) is 11.6 Å². The van der Waals surface area contributed by atoms with E-state index in [9.17, 15) is 18.4 Å². The number of fused-ring (bicyclic) bond motifs is 5. The molecule has 10 nitrogen and oxygen atoms in total. The first-order valence-corrected chi connectivity index (χ1v) is 17.4. The minimum Gasteiger partial charge on any atom is -0.493 e. The maximum absolute atomic E-state index is 14.5. The summed E-state index contributed by atoms with van der Waals surface area (Å²) in [7, 11) is 1.48. The molecule has 6 heterocycles. The van der Waals surface area contributed by atoms with Crippen LogP contribution < -0.4 is 15.8 Å². The highest BCUT2D eigenvalue weighted by molar-refractivity contribution is 7.23. The van der Waals surface area contributed by atoms with Crippen LogP contribution >= 0.6 is 11.3 Å². The van der Waals surface area contributed by atoms with Crippen LogP contribution in [-0.2, 0) is 19.3 Å². The monoisotopic (exact) mass is 692 g/mol. The molecule has 252 valence electrons. The molecule has 2 aliphatic heterocycles. The predicted molar refractivity (Wildman–Crippen MR) is 183 cm³/mol. The van der Waals surface area contributed by atoms with Gasteiger partial charge in [-0.25, -0.2) is 23.7 Å². The standard InChI is InChI=1S/C37H30F2N6O4S/c1-48-32-22-10-13-24(21(22)9-11-23(32)39)42-34-33-19(14-15-40-34)17-27(50-33)29-28(35-43-44-37(47)49-35)25(12-6-18-4-7-20(38)8-5-18)41-31-26-3-2-16-45(26)36(46)30(29)31/h4-5,7-9,11,14-15,17,24,26H,2-3,6,10,12-13,16H2,1H3,(H,40,42)(H,44,47)/t24-,26?/m0/s1. The van der Waals surface area contributed by atoms with E-state index in [2.05, 4.69) is 15.5 Å². The number of H-pyrrole nitrogens is 1. The Hall–Kier alpha value is -5.43. The van der Waals surface area contributed by atoms with E-state index in [-0.39, 0.29) is 41.3 Å². The zero-order valence-electron chi connectivity index (χ0n) is 26.9. The van der Waals surface area contributed by atoms with Crippen LogP contribution in [0.3, 0.4) is 0 Å². The van der Waals surface area contributed by atoms with Gasteiger partial charge in [0.15, 0.2) is 11.6 Å². The fourth-order valence-corrected chi connectivity index (χ4v) is 8.99. The first-order chi connectivity index (χ1) is 24.4. The summed E-state index contributed by atoms with van der Waals surface area (Å²) < 4.78 is 40.0. The number of nitrogens with zero attached hydrogens (tertiary/aromatic N) is 4. The first kappa shape index (κ1) is 30.6. The first-order valence-electron chi connectivity index (χ1n) is 16.6. The van der Waals surface area contributed by atoms with Crippen molar-refractivity contribution in [2.45, 2.75) is 50.6 Å². The summed E-state index contributed by atoms with van der Waals surface area (Å²) in [5.41, 5.74) is 5.69. The molecular formula is C37H30F2N6O4S. The number of rotatable bonds is 8. The highest BCUT2D eigenvalue weighted by atomic mass is 32.1. The van der Waals surface area contributed by atoms with Crippen LogP contribution in [0.4, 0.5) is 14.6 Å². The number of pyridine rings is 2. The molecule has 9 rings (SSSR count). The molecule has 2 atom stereocenters. The Labute approximate surface area is 288 Å². The maximum atomic E-state index is 14.5. The second-order valence-corrected chi connectivity index (χ2v) is 13.9. The van der Waals surface area contributed by atoms with E-state index in [1.54, 1.807) is 24.4 Å². The van der Waals surface area contributed by atoms with Gasteiger partial charge in [-0.1, -0.05) is 18.2 Å². The molecule has 6 aromatic rings. The Morgan fingerprint density at radius 2 is 1.92 bits per heavy atom. The molecule has 1 amide bonds. The van der Waals surface area contributed by atoms with E-state index in [1.807, 2.05) is 17.0 Å². The van der Waals surface area contributed by atoms with Gasteiger partial charge in [-0.3, -0.25) is 9.78 Å². The molecule has 2 N–H and O–H groups in total. The van der Waals surface area contributed by atoms with Crippen molar-refractivity contribution < 1.29 is 22.7 Å². The van der Waals surface area contributed by atoms with E-state index in [0.29, 0.717) is 54.0 Å². The topological polar surface area (TPSA) is 126 Å². The van der Waals surface area contributed by atoms with Gasteiger partial charge in [0, 0.05) is 28.7 Å². The predicted octanol–water partition coefficient (Wildman–Crippen LogP) is 7.16. The molecule has 1 saturated heterocycles. The summed E-state index contributed by atoms with van der Waals surface area (Å²) >= 11 is 1.48. The lowest BCUT2D eigenvalue weighted by atomic mass is 9.93. The van der Waals surface area contributed by atoms with Crippen LogP contribution in [0.25, 0.3) is 32.0 Å². The zero-order valence-corrected chi connectivity index (χ0v) is 27.7. The van der Waals surface area contributed by atoms with Gasteiger partial charge in [-0.05, 0) is 85.4 Å². The molecule has 0 bridgehead atoms. The molecular weight excluding hydrogens is 663 g/mol. The van der Waals surface area contributed by atoms with Crippen molar-refractivity contribution in [3.63, 3.8) is 0 Å². The molecule has 1 aliphatic carbocycles. The van der Waals surface area contributed by atoms with Crippen LogP contribution in [0.5, 0.6) is 5.75 Å². The summed E-state index contributed by atoms with van der Waals surface area (Å²) in [6.07, 6.45) is 5.82. The second-order valence-electron chi connectivity index (χ2n) is 12.8. The van der Waals surface area contributed by atoms with Crippen LogP contribution in [0.1, 0.15) is 69.8 Å². The Bertz CT molecular complexity index is 2390. The molecule has 1 unspecified atom stereocenters. The van der Waals surface area contributed by atoms with Crippen LogP contribution in [0, 0.1) is 11.6 Å². The molecule has 4 aromatic heterocycles. The van der Waals surface area contributed by atoms with Gasteiger partial charge < -0.3 is 19.4 Å². The zero-order chi connectivity index (χ0) is 34.1. The van der Waals surface area contributed by atoms with Crippen LogP contribution in [-0.4, -0.2) is 44.6 Å². The summed E-state index contributed by atoms with van der Waals surface area (Å²) in [6, 6.07) is 13.3. The number of methoxy groups -OCH3 is 1. The normalized spacial score (nSPS) is 17.7. The Kier molecular flexibility index (Phi) is 7.27. The van der Waals surface area contributed by atoms with Crippen LogP contribution in [0.15, 0.2) is 63.9 Å². The molecule has 3 aliphatic rings. The molecule has 0 spiro atoms. The summed E-state index contributed by atoms with van der Waals surface area (Å²) in [4.78, 5) is 39.0. The average Bonchev–Trinajstić information content (AvgIpc) is 3.96. The third kappa shape index (κ3) is 4.90. The molecule has 50 heavy (non-hydrogen) atoms. The number of aromatic amines is 1. The van der Waals surface area contributed by atoms with Gasteiger partial charge in [0.25, 0.3) is 11.8 Å². The van der Waals surface area contributed by atoms with E-state index in [0.717, 1.165) is 56.6 Å². The fraction of sp³-hybridized carbons (Fsp3) is 0.270. The van der Waals surface area contributed by atoms with Crippen molar-refractivity contribution in [1.82, 2.24) is 25.1 Å². The van der Waals surface area contributed by atoms with Gasteiger partial charge in [0.2, 0.25) is 0 Å². The maximum Gasteiger partial charge on any atom is 0.434 e. The molecule has 13 heteroatoms. The molecule has 0 saturated carbocycles. The third-order valence-corrected chi connectivity index (χ3v) is 11.2. The van der Waals surface area contributed by atoms with Crippen molar-refractivity contribution in [3.8, 4) is 27.6 Å². The summed E-state index contributed by atoms with van der Waals surface area (Å²) in [5, 5.41) is 11.1. The van der Waals surface area contributed by atoms with Crippen molar-refractivity contribution in [1.29, 1.82) is 0 Å². The minimum absolute atomic E-state index is 0.0481. The fourth-order valence-electron chi connectivity index (χ4n) is 7.83. The number of amides is 1. The van der Waals surface area contributed by atoms with E-state index in [4.69, 9.17) is 19.1 Å². The number of carbonyl (C=O) groups excluding carboxylic acids is 1. The van der Waals surface area contributed by atoms with Gasteiger partial charge in [0.05, 0.1) is 46.4 Å². The van der Waals surface area contributed by atoms with Crippen LogP contribution in [0.2, 0.25) is 0 Å². The van der Waals surface area contributed by atoms with Gasteiger partial charge >= 0.3 is 5.76 Å². The SMILES string of the molecule is COc1c(F)ccc2c1CC[C@@H]2Nc1nccc2cc(-c3c4c(nc(CCc5ccc(F)cc5)c3-c3n[nH]c(=O)o3)C3CCCN3C4=O)sc12. The third-order valence-electron chi connectivity index (χ3n) is 10.1. The molecule has 1 fully saturated rings. The smallest absolute Gasteiger partial charge is 0.434 e. The number of thiophene rings is 1. The number of carbonyl (C=O) groups is 1. The van der Waals surface area contributed by atoms with Crippen molar-refractivity contribution in [2.24, 2.45) is 0 Å². The summed E-state index contributed by atoms with van der Waals surface area (Å²) in [5.74, 6) is -0.523. The Balaban J connectivity index is 1.20. The van der Waals surface area contributed by atoms with E-state index in [1.165, 1.54) is 36.6 Å². The largest absolute Gasteiger partial charge is 0.493 e. The highest BCUT2D eigenvalue weighted by Crippen LogP contribution is 2.50. The number of aromatic nitrogens is 4. The second kappa shape index (κ2) is 11.9. The van der Waals surface area contributed by atoms with Crippen molar-refractivity contribution in [2.75, 3.05) is 19.0 Å². The lowest BCUT2D eigenvalue weighted by molar-refractivity contribution is 0.0776. The quantitative estimate of drug-likeness (QED) is 0.172. The lowest BCUT2D eigenvalue weighted by Crippen LogP contribution is -2.22.